The van der Waals surface area contributed by atoms with Crippen molar-refractivity contribution in [3.05, 3.63) is 72.4 Å². The first kappa shape index (κ1) is 17.9. The van der Waals surface area contributed by atoms with E-state index in [1.54, 1.807) is 4.90 Å². The summed E-state index contributed by atoms with van der Waals surface area (Å²) in [6.07, 6.45) is 2.87. The number of amides is 1. The lowest BCUT2D eigenvalue weighted by Gasteiger charge is -2.20. The van der Waals surface area contributed by atoms with Crippen LogP contribution in [0.3, 0.4) is 0 Å². The first-order chi connectivity index (χ1) is 12.6. The van der Waals surface area contributed by atoms with Crippen molar-refractivity contribution in [2.75, 3.05) is 7.05 Å². The Bertz CT molecular complexity index is 856. The quantitative estimate of drug-likeness (QED) is 0.656. The zero-order chi connectivity index (χ0) is 18.5. The summed E-state index contributed by atoms with van der Waals surface area (Å²) < 4.78 is 1.89. The van der Waals surface area contributed by atoms with E-state index in [4.69, 9.17) is 5.10 Å². The lowest BCUT2D eigenvalue weighted by atomic mass is 10.1. The van der Waals surface area contributed by atoms with E-state index in [1.807, 2.05) is 80.3 Å². The molecule has 0 bridgehead atoms. The molecule has 0 fully saturated rings. The second-order valence-electron chi connectivity index (χ2n) is 6.65. The second kappa shape index (κ2) is 8.00. The third-order valence-electron chi connectivity index (χ3n) is 4.68. The molecule has 26 heavy (non-hydrogen) atoms. The molecule has 0 aliphatic rings. The molecule has 134 valence electrons. The van der Waals surface area contributed by atoms with E-state index in [0.717, 1.165) is 28.9 Å². The number of carbonyl (C=O) groups is 1. The van der Waals surface area contributed by atoms with Gasteiger partial charge in [-0.2, -0.15) is 5.10 Å². The van der Waals surface area contributed by atoms with Crippen LogP contribution in [-0.2, 0) is 11.3 Å². The van der Waals surface area contributed by atoms with E-state index >= 15 is 0 Å². The first-order valence-electron chi connectivity index (χ1n) is 9.04. The summed E-state index contributed by atoms with van der Waals surface area (Å²) >= 11 is 0. The Hall–Kier alpha value is -2.88. The van der Waals surface area contributed by atoms with Crippen LogP contribution in [0.1, 0.15) is 25.8 Å². The van der Waals surface area contributed by atoms with Gasteiger partial charge in [0.1, 0.15) is 0 Å². The van der Waals surface area contributed by atoms with Crippen molar-refractivity contribution < 1.29 is 4.79 Å². The topological polar surface area (TPSA) is 38.1 Å². The highest BCUT2D eigenvalue weighted by atomic mass is 16.2. The minimum Gasteiger partial charge on any atom is -0.341 e. The maximum absolute atomic E-state index is 12.5. The number of aromatic nitrogens is 2. The molecule has 1 unspecified atom stereocenters. The fourth-order valence-corrected chi connectivity index (χ4v) is 2.96. The molecule has 0 saturated heterocycles. The monoisotopic (exact) mass is 347 g/mol. The average molecular weight is 347 g/mol. The fraction of sp³-hybridized carbons (Fsp3) is 0.273. The van der Waals surface area contributed by atoms with Crippen LogP contribution in [0.15, 0.2) is 66.9 Å². The highest BCUT2D eigenvalue weighted by molar-refractivity contribution is 5.78. The largest absolute Gasteiger partial charge is 0.341 e. The zero-order valence-electron chi connectivity index (χ0n) is 15.6. The van der Waals surface area contributed by atoms with Gasteiger partial charge >= 0.3 is 0 Å². The van der Waals surface area contributed by atoms with Gasteiger partial charge in [0.05, 0.1) is 11.4 Å². The molecular weight excluding hydrogens is 322 g/mol. The minimum atomic E-state index is 0.0318. The van der Waals surface area contributed by atoms with Gasteiger partial charge < -0.3 is 4.90 Å². The van der Waals surface area contributed by atoms with Crippen molar-refractivity contribution in [1.82, 2.24) is 14.7 Å². The van der Waals surface area contributed by atoms with E-state index in [2.05, 4.69) is 12.1 Å². The summed E-state index contributed by atoms with van der Waals surface area (Å²) in [5, 5.41) is 4.81. The summed E-state index contributed by atoms with van der Waals surface area (Å²) in [6.45, 7) is 4.56. The highest BCUT2D eigenvalue weighted by Crippen LogP contribution is 2.25. The van der Waals surface area contributed by atoms with Gasteiger partial charge in [-0.15, -0.1) is 0 Å². The van der Waals surface area contributed by atoms with Crippen LogP contribution >= 0.6 is 0 Å². The highest BCUT2D eigenvalue weighted by Gasteiger charge is 2.19. The molecule has 2 aromatic carbocycles. The first-order valence-corrected chi connectivity index (χ1v) is 9.04. The van der Waals surface area contributed by atoms with Crippen LogP contribution < -0.4 is 0 Å². The Kier molecular flexibility index (Phi) is 5.52. The molecule has 4 heteroatoms. The molecule has 0 aliphatic heterocycles. The fourth-order valence-electron chi connectivity index (χ4n) is 2.96. The molecule has 1 aromatic heterocycles. The molecule has 1 heterocycles. The molecular formula is C22H25N3O. The zero-order valence-corrected chi connectivity index (χ0v) is 15.6. The summed E-state index contributed by atoms with van der Waals surface area (Å²) in [5.41, 5.74) is 4.02. The average Bonchev–Trinajstić information content (AvgIpc) is 3.11. The van der Waals surface area contributed by atoms with Gasteiger partial charge in [0.25, 0.3) is 0 Å². The molecule has 4 nitrogen and oxygen atoms in total. The number of hydrogen-bond acceptors (Lipinski definition) is 2. The van der Waals surface area contributed by atoms with Gasteiger partial charge in [-0.3, -0.25) is 4.79 Å². The van der Waals surface area contributed by atoms with E-state index in [1.165, 1.54) is 0 Å². The predicted octanol–water partition coefficient (Wildman–Crippen LogP) is 4.54. The van der Waals surface area contributed by atoms with E-state index in [0.29, 0.717) is 6.54 Å². The van der Waals surface area contributed by atoms with Gasteiger partial charge in [-0.1, -0.05) is 62.4 Å². The van der Waals surface area contributed by atoms with Gasteiger partial charge in [-0.25, -0.2) is 4.68 Å². The third-order valence-corrected chi connectivity index (χ3v) is 4.68. The van der Waals surface area contributed by atoms with E-state index in [-0.39, 0.29) is 11.8 Å². The minimum absolute atomic E-state index is 0.0318. The smallest absolute Gasteiger partial charge is 0.225 e. The number of benzene rings is 2. The summed E-state index contributed by atoms with van der Waals surface area (Å²) in [5.74, 6) is 0.198. The number of hydrogen-bond donors (Lipinski definition) is 0. The molecule has 1 atom stereocenters. The van der Waals surface area contributed by atoms with Crippen molar-refractivity contribution in [2.45, 2.75) is 26.8 Å². The van der Waals surface area contributed by atoms with Gasteiger partial charge in [0.15, 0.2) is 0 Å². The lowest BCUT2D eigenvalue weighted by Crippen LogP contribution is -2.31. The molecule has 0 saturated carbocycles. The Labute approximate surface area is 155 Å². The summed E-state index contributed by atoms with van der Waals surface area (Å²) in [6, 6.07) is 20.2. The number of para-hydroxylation sites is 1. The third kappa shape index (κ3) is 3.85. The van der Waals surface area contributed by atoms with Crippen LogP contribution in [0, 0.1) is 5.92 Å². The van der Waals surface area contributed by atoms with E-state index < -0.39 is 0 Å². The predicted molar refractivity (Wildman–Crippen MR) is 105 cm³/mol. The van der Waals surface area contributed by atoms with Gasteiger partial charge in [0.2, 0.25) is 5.91 Å². The van der Waals surface area contributed by atoms with E-state index in [9.17, 15) is 4.79 Å². The molecule has 3 aromatic rings. The summed E-state index contributed by atoms with van der Waals surface area (Å²) in [7, 11) is 1.86. The Morgan fingerprint density at radius 3 is 2.31 bits per heavy atom. The number of rotatable bonds is 6. The normalized spacial score (nSPS) is 12.0. The standard InChI is InChI=1S/C22H25N3O/c1-4-17(2)22(26)24(3)15-19-16-25(20-13-9-6-10-14-20)23-21(19)18-11-7-5-8-12-18/h5-14,16-17H,4,15H2,1-3H3. The molecule has 3 rings (SSSR count). The second-order valence-corrected chi connectivity index (χ2v) is 6.65. The maximum Gasteiger partial charge on any atom is 0.225 e. The number of carbonyl (C=O) groups excluding carboxylic acids is 1. The summed E-state index contributed by atoms with van der Waals surface area (Å²) in [4.78, 5) is 14.3. The maximum atomic E-state index is 12.5. The van der Waals surface area contributed by atoms with Crippen LogP contribution in [0.5, 0.6) is 0 Å². The van der Waals surface area contributed by atoms with Crippen molar-refractivity contribution in [2.24, 2.45) is 5.92 Å². The molecule has 0 radical (unpaired) electrons. The Morgan fingerprint density at radius 2 is 1.69 bits per heavy atom. The lowest BCUT2D eigenvalue weighted by molar-refractivity contribution is -0.134. The van der Waals surface area contributed by atoms with Crippen LogP contribution in [0.4, 0.5) is 0 Å². The molecule has 0 aliphatic carbocycles. The van der Waals surface area contributed by atoms with Crippen LogP contribution in [-0.4, -0.2) is 27.6 Å². The molecule has 1 amide bonds. The van der Waals surface area contributed by atoms with Crippen LogP contribution in [0.25, 0.3) is 16.9 Å². The van der Waals surface area contributed by atoms with Crippen molar-refractivity contribution in [1.29, 1.82) is 0 Å². The van der Waals surface area contributed by atoms with Crippen molar-refractivity contribution in [3.63, 3.8) is 0 Å². The Morgan fingerprint density at radius 1 is 1.08 bits per heavy atom. The number of nitrogens with zero attached hydrogens (tertiary/aromatic N) is 3. The molecule has 0 spiro atoms. The van der Waals surface area contributed by atoms with Gasteiger partial charge in [-0.05, 0) is 18.6 Å². The Balaban J connectivity index is 1.97. The van der Waals surface area contributed by atoms with Crippen molar-refractivity contribution >= 4 is 5.91 Å². The van der Waals surface area contributed by atoms with Gasteiger partial charge in [0, 0.05) is 36.8 Å². The molecule has 0 N–H and O–H groups in total. The van der Waals surface area contributed by atoms with Crippen LogP contribution in [0.2, 0.25) is 0 Å². The van der Waals surface area contributed by atoms with Crippen molar-refractivity contribution in [3.8, 4) is 16.9 Å². The SMILES string of the molecule is CCC(C)C(=O)N(C)Cc1cn(-c2ccccc2)nc1-c1ccccc1.